The van der Waals surface area contributed by atoms with Crippen molar-refractivity contribution in [1.29, 1.82) is 0 Å². The number of likely N-dealkylation sites (tertiary alicyclic amines) is 2. The van der Waals surface area contributed by atoms with Gasteiger partial charge in [-0.2, -0.15) is 58.4 Å². The molecule has 768 valence electrons. The Hall–Kier alpha value is -15.5. The minimum Gasteiger partial charge on any atom is -0.481 e. The zero-order chi connectivity index (χ0) is 101. The number of methoxy groups -OCH3 is 1. The molecule has 4 aromatic carbocycles. The van der Waals surface area contributed by atoms with Crippen LogP contribution in [0.4, 0.5) is 32.1 Å². The molecule has 0 radical (unpaired) electrons. The summed E-state index contributed by atoms with van der Waals surface area (Å²) in [7, 11) is 7.87. The third-order valence-electron chi connectivity index (χ3n) is 25.8. The van der Waals surface area contributed by atoms with Gasteiger partial charge >= 0.3 is 0 Å². The summed E-state index contributed by atoms with van der Waals surface area (Å²) in [6.45, 7) is 27.4. The van der Waals surface area contributed by atoms with Crippen LogP contribution >= 0.6 is 54.0 Å². The number of rotatable bonds is 31. The fraction of sp³-hybridized carbons (Fsp3) is 0.284. The molecule has 16 aromatic rings. The van der Waals surface area contributed by atoms with Gasteiger partial charge in [-0.15, -0.1) is 0 Å². The number of para-hydroxylation sites is 4. The molecular weight excluding hydrogens is 1950 g/mol. The fourth-order valence-corrected chi connectivity index (χ4v) is 17.6. The number of nitrogens with one attached hydrogen (secondary N) is 8. The molecule has 4 atom stereocenters. The zero-order valence-electron chi connectivity index (χ0n) is 84.4. The van der Waals surface area contributed by atoms with Crippen LogP contribution in [0.25, 0.3) is 88.6 Å². The summed E-state index contributed by atoms with van der Waals surface area (Å²) in [5.41, 5.74) is 19.4. The molecule has 39 heteroatoms. The van der Waals surface area contributed by atoms with Gasteiger partial charge in [-0.1, -0.05) is 114 Å². The summed E-state index contributed by atoms with van der Waals surface area (Å²) < 4.78 is 32.6. The van der Waals surface area contributed by atoms with Crippen LogP contribution in [0.15, 0.2) is 251 Å². The number of nitrogens with zero attached hydrogens (tertiary/aromatic N) is 20. The van der Waals surface area contributed by atoms with Crippen molar-refractivity contribution in [1.82, 2.24) is 121 Å². The van der Waals surface area contributed by atoms with Crippen molar-refractivity contribution in [3.63, 3.8) is 0 Å². The Morgan fingerprint density at radius 3 is 1.06 bits per heavy atom. The number of carbonyl (C=O) groups is 4. The summed E-state index contributed by atoms with van der Waals surface area (Å²) in [5, 5.41) is 26.8. The van der Waals surface area contributed by atoms with Crippen molar-refractivity contribution in [3.05, 3.63) is 319 Å². The number of hydrogen-bond acceptors (Lipinski definition) is 29. The Balaban J connectivity index is 0.000000187. The van der Waals surface area contributed by atoms with E-state index < -0.39 is 17.7 Å². The van der Waals surface area contributed by atoms with Crippen LogP contribution in [0, 0.1) is 23.6 Å². The van der Waals surface area contributed by atoms with Crippen LogP contribution in [-0.4, -0.2) is 211 Å². The van der Waals surface area contributed by atoms with Crippen molar-refractivity contribution in [2.24, 2.45) is 11.8 Å². The Bertz CT molecular complexity index is 7250. The quantitative estimate of drug-likeness (QED) is 0.0187. The SMILES string of the molecule is C=C(C)N1CCC(Cc2ccc(-c3cc(NC[C@@H](C)c4cccc5c(C(=O)NC)c(F)cnc45)ncn3)cn2)CC1.C=C(C)N1CCC(Cc2ccc(-c3cc(NC[C@@H](C)c4cccc5c(C(=O)NC)ccnc45)ncn3)cn2)CC1.CNC(=O)c1ncnc2c([C@H](C)CNc3cc(-c4ccc(F)nc4)ncn3)cccc12.CNC(=O)c1ncnc2c([C@H](C)CNc3cc(-c4ccc(OC)nc4)ncn3)cccc12.S.S.S.S. The Morgan fingerprint density at radius 2 is 0.716 bits per heavy atom. The van der Waals surface area contributed by atoms with E-state index in [0.29, 0.717) is 106 Å². The monoisotopic (exact) mass is 2070 g/mol. The first-order valence-corrected chi connectivity index (χ1v) is 47.8. The molecule has 0 aliphatic carbocycles. The maximum atomic E-state index is 14.4. The summed E-state index contributed by atoms with van der Waals surface area (Å²) >= 11 is 0. The Kier molecular flexibility index (Phi) is 41.2. The molecule has 2 fully saturated rings. The molecular formula is C109H124F2N28O5S4. The number of ether oxygens (including phenoxy) is 1. The number of benzene rings is 4. The highest BCUT2D eigenvalue weighted by Crippen LogP contribution is 2.35. The van der Waals surface area contributed by atoms with E-state index in [-0.39, 0.29) is 101 Å². The molecule has 148 heavy (non-hydrogen) atoms. The zero-order valence-corrected chi connectivity index (χ0v) is 88.4. The first-order valence-electron chi connectivity index (χ1n) is 47.8. The van der Waals surface area contributed by atoms with Crippen LogP contribution in [-0.2, 0) is 12.8 Å². The van der Waals surface area contributed by atoms with E-state index in [0.717, 1.165) is 170 Å². The molecule has 4 amide bonds. The average molecular weight is 2070 g/mol. The highest BCUT2D eigenvalue weighted by Gasteiger charge is 2.27. The van der Waals surface area contributed by atoms with Gasteiger partial charge in [0.05, 0.1) is 69.3 Å². The smallest absolute Gasteiger partial charge is 0.270 e. The Morgan fingerprint density at radius 1 is 0.372 bits per heavy atom. The largest absolute Gasteiger partial charge is 0.481 e. The van der Waals surface area contributed by atoms with Crippen LogP contribution in [0.5, 0.6) is 5.88 Å². The average Bonchev–Trinajstić information content (AvgIpc) is 0.828. The van der Waals surface area contributed by atoms with E-state index in [9.17, 15) is 28.0 Å². The van der Waals surface area contributed by atoms with E-state index in [1.54, 1.807) is 83.6 Å². The van der Waals surface area contributed by atoms with Crippen LogP contribution < -0.4 is 47.3 Å². The minimum atomic E-state index is -0.639. The lowest BCUT2D eigenvalue weighted by molar-refractivity contribution is 0.0952. The number of carbonyl (C=O) groups excluding carboxylic acids is 4. The minimum absolute atomic E-state index is 0. The topological polar surface area (TPSA) is 412 Å². The van der Waals surface area contributed by atoms with Crippen molar-refractivity contribution < 1.29 is 32.7 Å². The number of fused-ring (bicyclic) bond motifs is 4. The van der Waals surface area contributed by atoms with E-state index in [1.165, 1.54) is 57.5 Å². The van der Waals surface area contributed by atoms with Gasteiger partial charge in [-0.25, -0.2) is 74.2 Å². The number of allylic oxidation sites excluding steroid dienone is 2. The lowest BCUT2D eigenvalue weighted by atomic mass is 9.91. The van der Waals surface area contributed by atoms with Crippen LogP contribution in [0.2, 0.25) is 0 Å². The molecule has 33 nitrogen and oxygen atoms in total. The normalized spacial score (nSPS) is 13.0. The van der Waals surface area contributed by atoms with Gasteiger partial charge in [0, 0.05) is 232 Å². The summed E-state index contributed by atoms with van der Waals surface area (Å²) in [4.78, 5) is 132. The number of amides is 4. The second-order valence-electron chi connectivity index (χ2n) is 35.6. The molecule has 2 aliphatic heterocycles. The first-order chi connectivity index (χ1) is 69.9. The van der Waals surface area contributed by atoms with Gasteiger partial charge < -0.3 is 57.1 Å². The highest BCUT2D eigenvalue weighted by atomic mass is 32.1. The number of pyridine rings is 6. The van der Waals surface area contributed by atoms with E-state index in [2.05, 4.69) is 217 Å². The van der Waals surface area contributed by atoms with Gasteiger partial charge in [0.15, 0.2) is 5.82 Å². The molecule has 0 saturated carbocycles. The third kappa shape index (κ3) is 28.4. The predicted octanol–water partition coefficient (Wildman–Crippen LogP) is 17.8. The number of piperidine rings is 2. The van der Waals surface area contributed by atoms with E-state index in [4.69, 9.17) is 14.7 Å². The fourth-order valence-electron chi connectivity index (χ4n) is 17.6. The van der Waals surface area contributed by atoms with E-state index >= 15 is 0 Å². The predicted molar refractivity (Wildman–Crippen MR) is 598 cm³/mol. The lowest BCUT2D eigenvalue weighted by Crippen LogP contribution is -2.32. The molecule has 8 N–H and O–H groups in total. The highest BCUT2D eigenvalue weighted by molar-refractivity contribution is 7.59. The lowest BCUT2D eigenvalue weighted by Gasteiger charge is -2.33. The van der Waals surface area contributed by atoms with Gasteiger partial charge in [-0.05, 0) is 135 Å². The molecule has 0 spiro atoms. The van der Waals surface area contributed by atoms with Gasteiger partial charge in [0.25, 0.3) is 23.6 Å². The van der Waals surface area contributed by atoms with Crippen molar-refractivity contribution in [3.8, 4) is 50.9 Å². The van der Waals surface area contributed by atoms with Gasteiger partial charge in [0.1, 0.15) is 72.6 Å². The Labute approximate surface area is 886 Å². The maximum absolute atomic E-state index is 14.4. The summed E-state index contributed by atoms with van der Waals surface area (Å²) in [5.74, 6) is 2.73. The number of anilines is 4. The molecule has 14 heterocycles. The van der Waals surface area contributed by atoms with E-state index in [1.807, 2.05) is 97.3 Å². The van der Waals surface area contributed by atoms with Crippen LogP contribution in [0.3, 0.4) is 0 Å². The van der Waals surface area contributed by atoms with Gasteiger partial charge in [0.2, 0.25) is 11.8 Å². The van der Waals surface area contributed by atoms with Crippen molar-refractivity contribution in [2.45, 2.75) is 104 Å². The number of hydrogen-bond donors (Lipinski definition) is 8. The molecule has 18 rings (SSSR count). The molecule has 2 saturated heterocycles. The second kappa shape index (κ2) is 54.1. The second-order valence-corrected chi connectivity index (χ2v) is 35.6. The number of halogens is 2. The molecule has 12 aromatic heterocycles. The maximum Gasteiger partial charge on any atom is 0.270 e. The van der Waals surface area contributed by atoms with Crippen molar-refractivity contribution in [2.75, 3.05) is 109 Å². The third-order valence-corrected chi connectivity index (χ3v) is 25.8. The molecule has 0 bridgehead atoms. The molecule has 0 unspecified atom stereocenters. The van der Waals surface area contributed by atoms with Crippen LogP contribution in [0.1, 0.15) is 166 Å². The standard InChI is InChI=1S/C32H36FN7O.C32H37N7O.C23H23N7O2.C22H20FN7O.4H2S/c1-20(2)40-12-10-22(11-13-40)14-24-9-8-23(17-35-24)28-15-29(39-19-38-28)36-16-21(3)25-6-5-7-26-30(32(41)34-4)27(33)18-37-31(25)26;1-21(2)39-14-11-23(12-15-39)16-25-9-8-24(19-35-25)29-17-30(38-20-37-29)36-18-22(3)26-6-5-7-27-28(32(40)33-4)10-13-34-31(26)27;1-14(16-5-4-6-17-21(16)29-13-30-22(17)23(31)24-2)10-25-19-9-18(27-12-28-19)15-7-8-20(32-3)26-11-15;1-13(15-4-3-5-16-20(15)29-12-30-21(16)22(31)24-2)9-26-19-8-17(27-11-28-19)14-6-7-18(23)25-10-14;;;;/h5-9,15,17-19,21-22H,1,10-14,16H2,2-4H3,(H,34,41)(H,36,38,39);5-10,13,17,19-20,22-23H,1,11-12,14-16,18H2,2-4H3,(H,33,40)(H,36,37,38);4-9,11-14H,10H2,1-3H3,(H,24,31)(H,25,27,28);3-8,10-13H,9H2,1-2H3,(H,24,31)(H,26,27,28);4*1H2/t21-;22-;14-;13-;;;;/m1111..../s1. The first kappa shape index (κ1) is 113. The number of aromatic nitrogens is 18. The van der Waals surface area contributed by atoms with Gasteiger partial charge in [-0.3, -0.25) is 39.1 Å². The van der Waals surface area contributed by atoms with Crippen molar-refractivity contribution >= 4 is 144 Å². The molecule has 2 aliphatic rings. The summed E-state index contributed by atoms with van der Waals surface area (Å²) in [6.07, 6.45) is 25.4. The summed E-state index contributed by atoms with van der Waals surface area (Å²) in [6, 6.07) is 47.3.